The Labute approximate surface area is 168 Å². The molecule has 0 aliphatic heterocycles. The Morgan fingerprint density at radius 1 is 1.07 bits per heavy atom. The van der Waals surface area contributed by atoms with E-state index < -0.39 is 0 Å². The Bertz CT molecular complexity index is 1020. The number of nitrogens with one attached hydrogen (secondary N) is 1. The lowest BCUT2D eigenvalue weighted by Gasteiger charge is -2.11. The monoisotopic (exact) mass is 392 g/mol. The molecule has 0 atom stereocenters. The average Bonchev–Trinajstić information content (AvgIpc) is 2.74. The molecule has 0 spiro atoms. The first-order chi connectivity index (χ1) is 14.1. The Morgan fingerprint density at radius 3 is 2.55 bits per heavy atom. The summed E-state index contributed by atoms with van der Waals surface area (Å²) in [6, 6.07) is 18.8. The maximum atomic E-state index is 13.7. The van der Waals surface area contributed by atoms with Gasteiger partial charge in [0.25, 0.3) is 5.91 Å². The van der Waals surface area contributed by atoms with Gasteiger partial charge in [-0.05, 0) is 48.9 Å². The lowest BCUT2D eigenvalue weighted by atomic mass is 10.1. The van der Waals surface area contributed by atoms with Crippen LogP contribution in [-0.4, -0.2) is 19.2 Å². The summed E-state index contributed by atoms with van der Waals surface area (Å²) < 4.78 is 24.7. The maximum absolute atomic E-state index is 13.7. The molecule has 1 amide bonds. The average molecular weight is 392 g/mol. The lowest BCUT2D eigenvalue weighted by molar-refractivity contribution is 0.0955. The fraction of sp³-hybridized carbons (Fsp3) is 0.130. The maximum Gasteiger partial charge on any atom is 0.271 e. The smallest absolute Gasteiger partial charge is 0.271 e. The van der Waals surface area contributed by atoms with Gasteiger partial charge in [-0.2, -0.15) is 5.10 Å². The molecule has 0 aromatic heterocycles. The summed E-state index contributed by atoms with van der Waals surface area (Å²) in [5.74, 6) is 0.351. The summed E-state index contributed by atoms with van der Waals surface area (Å²) in [6.45, 7) is 2.04. The van der Waals surface area contributed by atoms with Crippen molar-refractivity contribution in [3.05, 3.63) is 94.8 Å². The van der Waals surface area contributed by atoms with Crippen LogP contribution in [0.25, 0.3) is 0 Å². The molecule has 0 heterocycles. The molecule has 3 aromatic rings. The number of methoxy groups -OCH3 is 1. The minimum Gasteiger partial charge on any atom is -0.493 e. The molecule has 0 saturated carbocycles. The highest BCUT2D eigenvalue weighted by Crippen LogP contribution is 2.28. The minimum atomic E-state index is -0.320. The van der Waals surface area contributed by atoms with Gasteiger partial charge in [-0.15, -0.1) is 0 Å². The van der Waals surface area contributed by atoms with Crippen molar-refractivity contribution in [2.75, 3.05) is 7.11 Å². The summed E-state index contributed by atoms with van der Waals surface area (Å²) in [5, 5.41) is 3.98. The number of hydrazone groups is 1. The van der Waals surface area contributed by atoms with Crippen molar-refractivity contribution in [2.45, 2.75) is 13.5 Å². The predicted octanol–water partition coefficient (Wildman–Crippen LogP) is 4.49. The minimum absolute atomic E-state index is 0.0864. The zero-order valence-corrected chi connectivity index (χ0v) is 16.2. The van der Waals surface area contributed by atoms with Crippen molar-refractivity contribution in [3.8, 4) is 11.5 Å². The Hall–Kier alpha value is -3.67. The van der Waals surface area contributed by atoms with Crippen molar-refractivity contribution in [1.82, 2.24) is 5.43 Å². The van der Waals surface area contributed by atoms with Crippen LogP contribution in [0.3, 0.4) is 0 Å². The number of rotatable bonds is 7. The van der Waals surface area contributed by atoms with E-state index in [1.54, 1.807) is 48.5 Å². The van der Waals surface area contributed by atoms with Crippen LogP contribution in [0.5, 0.6) is 11.5 Å². The van der Waals surface area contributed by atoms with E-state index in [1.165, 1.54) is 19.4 Å². The van der Waals surface area contributed by atoms with Gasteiger partial charge in [-0.25, -0.2) is 9.82 Å². The van der Waals surface area contributed by atoms with Gasteiger partial charge in [0.15, 0.2) is 11.5 Å². The van der Waals surface area contributed by atoms with Crippen LogP contribution in [0, 0.1) is 12.7 Å². The summed E-state index contributed by atoms with van der Waals surface area (Å²) >= 11 is 0. The SMILES string of the molecule is COc1cc(/C=N\NC(=O)c2ccc(C)cc2)ccc1OCc1ccccc1F. The molecule has 0 unspecified atom stereocenters. The quantitative estimate of drug-likeness (QED) is 0.476. The summed E-state index contributed by atoms with van der Waals surface area (Å²) in [6.07, 6.45) is 1.51. The zero-order chi connectivity index (χ0) is 20.6. The molecule has 29 heavy (non-hydrogen) atoms. The molecular formula is C23H21FN2O3. The van der Waals surface area contributed by atoms with Crippen molar-refractivity contribution in [2.24, 2.45) is 5.10 Å². The van der Waals surface area contributed by atoms with Crippen LogP contribution >= 0.6 is 0 Å². The molecule has 0 bridgehead atoms. The van der Waals surface area contributed by atoms with Crippen LogP contribution in [0.2, 0.25) is 0 Å². The molecule has 0 aliphatic rings. The third kappa shape index (κ3) is 5.42. The number of hydrogen-bond donors (Lipinski definition) is 1. The first kappa shape index (κ1) is 20.1. The molecule has 0 saturated heterocycles. The van der Waals surface area contributed by atoms with E-state index in [2.05, 4.69) is 10.5 Å². The van der Waals surface area contributed by atoms with Crippen molar-refractivity contribution in [3.63, 3.8) is 0 Å². The number of nitrogens with zero attached hydrogens (tertiary/aromatic N) is 1. The summed E-state index contributed by atoms with van der Waals surface area (Å²) in [4.78, 5) is 12.1. The second-order valence-electron chi connectivity index (χ2n) is 6.36. The molecule has 0 radical (unpaired) electrons. The fourth-order valence-corrected chi connectivity index (χ4v) is 2.59. The second-order valence-corrected chi connectivity index (χ2v) is 6.36. The van der Waals surface area contributed by atoms with Gasteiger partial charge in [-0.1, -0.05) is 35.9 Å². The normalized spacial score (nSPS) is 10.7. The topological polar surface area (TPSA) is 59.9 Å². The van der Waals surface area contributed by atoms with Crippen LogP contribution in [0.1, 0.15) is 27.0 Å². The van der Waals surface area contributed by atoms with Gasteiger partial charge in [0.05, 0.1) is 13.3 Å². The Morgan fingerprint density at radius 2 is 1.83 bits per heavy atom. The first-order valence-electron chi connectivity index (χ1n) is 9.01. The van der Waals surface area contributed by atoms with Crippen molar-refractivity contribution < 1.29 is 18.7 Å². The fourth-order valence-electron chi connectivity index (χ4n) is 2.59. The Kier molecular flexibility index (Phi) is 6.58. The molecule has 6 heteroatoms. The molecule has 3 rings (SSSR count). The Balaban J connectivity index is 1.63. The van der Waals surface area contributed by atoms with Gasteiger partial charge < -0.3 is 9.47 Å². The number of hydrogen-bond acceptors (Lipinski definition) is 4. The molecular weight excluding hydrogens is 371 g/mol. The third-order valence-corrected chi connectivity index (χ3v) is 4.22. The van der Waals surface area contributed by atoms with E-state index in [1.807, 2.05) is 19.1 Å². The van der Waals surface area contributed by atoms with Gasteiger partial charge in [0.1, 0.15) is 12.4 Å². The van der Waals surface area contributed by atoms with Crippen molar-refractivity contribution >= 4 is 12.1 Å². The summed E-state index contributed by atoms with van der Waals surface area (Å²) in [5.41, 5.74) is 5.27. The summed E-state index contributed by atoms with van der Waals surface area (Å²) in [7, 11) is 1.52. The van der Waals surface area contributed by atoms with Crippen LogP contribution in [0.15, 0.2) is 71.8 Å². The van der Waals surface area contributed by atoms with Gasteiger partial charge in [-0.3, -0.25) is 4.79 Å². The number of aryl methyl sites for hydroxylation is 1. The van der Waals surface area contributed by atoms with E-state index in [0.29, 0.717) is 28.2 Å². The predicted molar refractivity (Wildman–Crippen MR) is 110 cm³/mol. The van der Waals surface area contributed by atoms with Crippen LogP contribution < -0.4 is 14.9 Å². The van der Waals surface area contributed by atoms with Gasteiger partial charge in [0, 0.05) is 11.1 Å². The van der Waals surface area contributed by atoms with E-state index in [-0.39, 0.29) is 18.3 Å². The molecule has 0 fully saturated rings. The third-order valence-electron chi connectivity index (χ3n) is 4.22. The molecule has 3 aromatic carbocycles. The molecule has 5 nitrogen and oxygen atoms in total. The lowest BCUT2D eigenvalue weighted by Crippen LogP contribution is -2.17. The number of carbonyl (C=O) groups excluding carboxylic acids is 1. The molecule has 0 aliphatic carbocycles. The van der Waals surface area contributed by atoms with E-state index in [9.17, 15) is 9.18 Å². The van der Waals surface area contributed by atoms with E-state index in [4.69, 9.17) is 9.47 Å². The number of benzene rings is 3. The van der Waals surface area contributed by atoms with Crippen LogP contribution in [-0.2, 0) is 6.61 Å². The number of amides is 1. The first-order valence-corrected chi connectivity index (χ1v) is 9.01. The van der Waals surface area contributed by atoms with Gasteiger partial charge >= 0.3 is 0 Å². The molecule has 1 N–H and O–H groups in total. The highest BCUT2D eigenvalue weighted by Gasteiger charge is 2.08. The second kappa shape index (κ2) is 9.50. The largest absolute Gasteiger partial charge is 0.493 e. The highest BCUT2D eigenvalue weighted by molar-refractivity contribution is 5.94. The molecule has 148 valence electrons. The number of ether oxygens (including phenoxy) is 2. The standard InChI is InChI=1S/C23H21FN2O3/c1-16-7-10-18(11-8-16)23(27)26-25-14-17-9-12-21(22(13-17)28-2)29-15-19-5-3-4-6-20(19)24/h3-14H,15H2,1-2H3,(H,26,27)/b25-14-. The van der Waals surface area contributed by atoms with Gasteiger partial charge in [0.2, 0.25) is 0 Å². The highest BCUT2D eigenvalue weighted by atomic mass is 19.1. The van der Waals surface area contributed by atoms with Crippen molar-refractivity contribution in [1.29, 1.82) is 0 Å². The number of carbonyl (C=O) groups is 1. The zero-order valence-electron chi connectivity index (χ0n) is 16.2. The van der Waals surface area contributed by atoms with E-state index in [0.717, 1.165) is 5.56 Å². The van der Waals surface area contributed by atoms with Crippen LogP contribution in [0.4, 0.5) is 4.39 Å². The number of halogens is 1. The van der Waals surface area contributed by atoms with E-state index >= 15 is 0 Å².